The first kappa shape index (κ1) is 27.0. The standard InChI is InChI=1S/C25H24FN3O5S2/c1-34-24(33)18-8-6-16(7-9-18)15-20-23(32)29(25(35)36-20)14-4-2-3-5-21(30)27-28-22(31)17-10-12-19(26)13-11-17/h6-13,15H,2-5,14H2,1H3,(H,27,30)(H,28,31)/b20-15-. The molecule has 11 heteroatoms. The normalized spacial score (nSPS) is 14.2. The molecule has 2 aromatic rings. The highest BCUT2D eigenvalue weighted by Gasteiger charge is 2.31. The number of hydrogen-bond acceptors (Lipinski definition) is 7. The number of carbonyl (C=O) groups excluding carboxylic acids is 4. The number of halogens is 1. The number of nitrogens with one attached hydrogen (secondary N) is 2. The molecule has 8 nitrogen and oxygen atoms in total. The van der Waals surface area contributed by atoms with Crippen LogP contribution in [0.1, 0.15) is 52.0 Å². The van der Waals surface area contributed by atoms with Gasteiger partial charge in [-0.2, -0.15) is 0 Å². The maximum Gasteiger partial charge on any atom is 0.337 e. The first-order chi connectivity index (χ1) is 17.3. The third-order valence-electron chi connectivity index (χ3n) is 5.21. The number of ether oxygens (including phenoxy) is 1. The summed E-state index contributed by atoms with van der Waals surface area (Å²) in [5, 5.41) is 0. The Hall–Kier alpha value is -3.57. The number of thioether (sulfide) groups is 1. The van der Waals surface area contributed by atoms with Crippen LogP contribution >= 0.6 is 24.0 Å². The Balaban J connectivity index is 1.38. The highest BCUT2D eigenvalue weighted by atomic mass is 32.2. The summed E-state index contributed by atoms with van der Waals surface area (Å²) in [7, 11) is 1.31. The van der Waals surface area contributed by atoms with Crippen LogP contribution in [-0.4, -0.2) is 46.6 Å². The fraction of sp³-hybridized carbons (Fsp3) is 0.240. The third-order valence-corrected chi connectivity index (χ3v) is 6.59. The highest BCUT2D eigenvalue weighted by Crippen LogP contribution is 2.32. The van der Waals surface area contributed by atoms with E-state index in [0.29, 0.717) is 40.6 Å². The van der Waals surface area contributed by atoms with E-state index in [1.54, 1.807) is 30.3 Å². The van der Waals surface area contributed by atoms with Gasteiger partial charge in [0.25, 0.3) is 11.8 Å². The minimum Gasteiger partial charge on any atom is -0.465 e. The predicted octanol–water partition coefficient (Wildman–Crippen LogP) is 3.84. The van der Waals surface area contributed by atoms with Crippen molar-refractivity contribution in [2.24, 2.45) is 0 Å². The Morgan fingerprint density at radius 3 is 2.33 bits per heavy atom. The van der Waals surface area contributed by atoms with Crippen molar-refractivity contribution in [3.05, 3.63) is 75.9 Å². The van der Waals surface area contributed by atoms with Crippen LogP contribution in [0.2, 0.25) is 0 Å². The largest absolute Gasteiger partial charge is 0.465 e. The lowest BCUT2D eigenvalue weighted by molar-refractivity contribution is -0.123. The summed E-state index contributed by atoms with van der Waals surface area (Å²) >= 11 is 6.57. The Morgan fingerprint density at radius 2 is 1.67 bits per heavy atom. The molecule has 0 aliphatic carbocycles. The van der Waals surface area contributed by atoms with Crippen molar-refractivity contribution >= 4 is 58.1 Å². The summed E-state index contributed by atoms with van der Waals surface area (Å²) in [5.41, 5.74) is 6.03. The first-order valence-electron chi connectivity index (χ1n) is 11.1. The molecule has 3 rings (SSSR count). The topological polar surface area (TPSA) is 105 Å². The van der Waals surface area contributed by atoms with Gasteiger partial charge in [-0.1, -0.05) is 42.5 Å². The summed E-state index contributed by atoms with van der Waals surface area (Å²) < 4.78 is 18.1. The molecule has 0 radical (unpaired) electrons. The maximum atomic E-state index is 12.9. The number of methoxy groups -OCH3 is 1. The summed E-state index contributed by atoms with van der Waals surface area (Å²) in [6, 6.07) is 11.7. The van der Waals surface area contributed by atoms with E-state index in [0.717, 1.165) is 17.7 Å². The fourth-order valence-corrected chi connectivity index (χ4v) is 4.58. The van der Waals surface area contributed by atoms with Gasteiger partial charge in [0, 0.05) is 18.5 Å². The van der Waals surface area contributed by atoms with Crippen LogP contribution in [0.3, 0.4) is 0 Å². The van der Waals surface area contributed by atoms with E-state index in [2.05, 4.69) is 15.6 Å². The molecule has 1 fully saturated rings. The van der Waals surface area contributed by atoms with Gasteiger partial charge in [-0.15, -0.1) is 0 Å². The predicted molar refractivity (Wildman–Crippen MR) is 138 cm³/mol. The van der Waals surface area contributed by atoms with E-state index < -0.39 is 17.7 Å². The number of benzene rings is 2. The molecule has 0 saturated carbocycles. The zero-order chi connectivity index (χ0) is 26.1. The number of nitrogens with zero attached hydrogens (tertiary/aromatic N) is 1. The molecule has 0 spiro atoms. The molecule has 1 aliphatic heterocycles. The molecule has 0 aromatic heterocycles. The van der Waals surface area contributed by atoms with Gasteiger partial charge in [0.2, 0.25) is 5.91 Å². The van der Waals surface area contributed by atoms with Crippen LogP contribution < -0.4 is 10.9 Å². The summed E-state index contributed by atoms with van der Waals surface area (Å²) in [4.78, 5) is 50.2. The summed E-state index contributed by atoms with van der Waals surface area (Å²) in [5.74, 6) is -1.95. The molecule has 36 heavy (non-hydrogen) atoms. The Morgan fingerprint density at radius 1 is 1.00 bits per heavy atom. The zero-order valence-electron chi connectivity index (χ0n) is 19.4. The third kappa shape index (κ3) is 7.46. The molecule has 2 aromatic carbocycles. The van der Waals surface area contributed by atoms with Gasteiger partial charge < -0.3 is 4.74 Å². The van der Waals surface area contributed by atoms with E-state index in [1.165, 1.54) is 35.9 Å². The molecule has 3 amide bonds. The molecule has 0 bridgehead atoms. The molecule has 1 aliphatic rings. The smallest absolute Gasteiger partial charge is 0.337 e. The lowest BCUT2D eigenvalue weighted by Gasteiger charge is -2.14. The average Bonchev–Trinajstić information content (AvgIpc) is 3.14. The lowest BCUT2D eigenvalue weighted by atomic mass is 10.1. The quantitative estimate of drug-likeness (QED) is 0.167. The lowest BCUT2D eigenvalue weighted by Crippen LogP contribution is -2.41. The second-order valence-electron chi connectivity index (χ2n) is 7.77. The number of esters is 1. The van der Waals surface area contributed by atoms with Crippen LogP contribution in [0.4, 0.5) is 4.39 Å². The number of unbranched alkanes of at least 4 members (excludes halogenated alkanes) is 2. The minimum absolute atomic E-state index is 0.178. The summed E-state index contributed by atoms with van der Waals surface area (Å²) in [6.07, 6.45) is 3.83. The van der Waals surface area contributed by atoms with Gasteiger partial charge in [0.1, 0.15) is 10.1 Å². The average molecular weight is 530 g/mol. The van der Waals surface area contributed by atoms with Crippen LogP contribution in [-0.2, 0) is 14.3 Å². The number of thiocarbonyl (C=S) groups is 1. The number of rotatable bonds is 9. The number of hydrogen-bond donors (Lipinski definition) is 2. The monoisotopic (exact) mass is 529 g/mol. The number of hydrazine groups is 1. The second kappa shape index (κ2) is 12.9. The van der Waals surface area contributed by atoms with Crippen molar-refractivity contribution < 1.29 is 28.3 Å². The van der Waals surface area contributed by atoms with Crippen molar-refractivity contribution in [3.63, 3.8) is 0 Å². The van der Waals surface area contributed by atoms with E-state index in [1.807, 2.05) is 0 Å². The summed E-state index contributed by atoms with van der Waals surface area (Å²) in [6.45, 7) is 0.437. The highest BCUT2D eigenvalue weighted by molar-refractivity contribution is 8.26. The number of carbonyl (C=O) groups is 4. The van der Waals surface area contributed by atoms with Crippen molar-refractivity contribution in [1.29, 1.82) is 0 Å². The molecule has 1 saturated heterocycles. The molecule has 1 heterocycles. The molecular weight excluding hydrogens is 505 g/mol. The Labute approximate surface area is 217 Å². The van der Waals surface area contributed by atoms with Gasteiger partial charge in [-0.25, -0.2) is 9.18 Å². The number of amides is 3. The van der Waals surface area contributed by atoms with Crippen molar-refractivity contribution in [1.82, 2.24) is 15.8 Å². The Bertz CT molecular complexity index is 1180. The van der Waals surface area contributed by atoms with Gasteiger partial charge >= 0.3 is 5.97 Å². The second-order valence-corrected chi connectivity index (χ2v) is 9.44. The molecule has 0 unspecified atom stereocenters. The SMILES string of the molecule is COC(=O)c1ccc(/C=C2\SC(=S)N(CCCCCC(=O)NNC(=O)c3ccc(F)cc3)C2=O)cc1. The molecule has 2 N–H and O–H groups in total. The van der Waals surface area contributed by atoms with Crippen LogP contribution in [0.25, 0.3) is 6.08 Å². The van der Waals surface area contributed by atoms with E-state index in [-0.39, 0.29) is 23.8 Å². The Kier molecular flexibility index (Phi) is 9.71. The molecule has 0 atom stereocenters. The zero-order valence-corrected chi connectivity index (χ0v) is 21.0. The van der Waals surface area contributed by atoms with Crippen LogP contribution in [0, 0.1) is 5.82 Å². The van der Waals surface area contributed by atoms with Crippen molar-refractivity contribution in [2.45, 2.75) is 25.7 Å². The van der Waals surface area contributed by atoms with Gasteiger partial charge in [-0.3, -0.25) is 30.1 Å². The van der Waals surface area contributed by atoms with Gasteiger partial charge in [0.05, 0.1) is 17.6 Å². The van der Waals surface area contributed by atoms with E-state index in [9.17, 15) is 23.6 Å². The van der Waals surface area contributed by atoms with E-state index in [4.69, 9.17) is 12.2 Å². The fourth-order valence-electron chi connectivity index (χ4n) is 3.27. The maximum absolute atomic E-state index is 12.9. The van der Waals surface area contributed by atoms with E-state index >= 15 is 0 Å². The van der Waals surface area contributed by atoms with Gasteiger partial charge in [-0.05, 0) is 60.9 Å². The minimum atomic E-state index is -0.537. The molecule has 188 valence electrons. The van der Waals surface area contributed by atoms with Crippen molar-refractivity contribution in [2.75, 3.05) is 13.7 Å². The molecular formula is C25H24FN3O5S2. The first-order valence-corrected chi connectivity index (χ1v) is 12.3. The van der Waals surface area contributed by atoms with Crippen molar-refractivity contribution in [3.8, 4) is 0 Å². The van der Waals surface area contributed by atoms with Crippen LogP contribution in [0.15, 0.2) is 53.4 Å². The van der Waals surface area contributed by atoms with Gasteiger partial charge in [0.15, 0.2) is 0 Å². The van der Waals surface area contributed by atoms with Crippen LogP contribution in [0.5, 0.6) is 0 Å².